The Morgan fingerprint density at radius 2 is 1.83 bits per heavy atom. The zero-order valence-electron chi connectivity index (χ0n) is 21.5. The largest absolute Gasteiger partial charge is 0.497 e. The van der Waals surface area contributed by atoms with Crippen LogP contribution in [0.5, 0.6) is 23.1 Å². The highest BCUT2D eigenvalue weighted by Crippen LogP contribution is 2.38. The summed E-state index contributed by atoms with van der Waals surface area (Å²) in [6.45, 7) is 7.16. The van der Waals surface area contributed by atoms with E-state index < -0.39 is 6.10 Å². The third-order valence-corrected chi connectivity index (χ3v) is 6.52. The Kier molecular flexibility index (Phi) is 8.67. The van der Waals surface area contributed by atoms with Gasteiger partial charge in [0.15, 0.2) is 11.5 Å². The molecule has 1 aliphatic rings. The average molecular weight is 492 g/mol. The van der Waals surface area contributed by atoms with E-state index in [0.29, 0.717) is 42.9 Å². The molecule has 0 spiro atoms. The van der Waals surface area contributed by atoms with Crippen LogP contribution in [0.4, 0.5) is 0 Å². The summed E-state index contributed by atoms with van der Waals surface area (Å²) < 4.78 is 19.3. The maximum absolute atomic E-state index is 10.7. The number of hydrogen-bond donors (Lipinski definition) is 1. The lowest BCUT2D eigenvalue weighted by atomic mass is 10.1. The number of allylic oxidation sites excluding steroid dienone is 1. The zero-order chi connectivity index (χ0) is 25.5. The van der Waals surface area contributed by atoms with Gasteiger partial charge in [-0.25, -0.2) is 4.68 Å². The van der Waals surface area contributed by atoms with Crippen molar-refractivity contribution in [3.63, 3.8) is 0 Å². The number of aliphatic hydroxyl groups is 1. The molecule has 7 heteroatoms. The molecule has 3 aromatic rings. The molecule has 0 aliphatic heterocycles. The Bertz CT molecular complexity index is 1140. The van der Waals surface area contributed by atoms with E-state index in [9.17, 15) is 5.11 Å². The van der Waals surface area contributed by atoms with Crippen LogP contribution in [-0.4, -0.2) is 52.7 Å². The van der Waals surface area contributed by atoms with Crippen LogP contribution in [0.1, 0.15) is 43.9 Å². The number of benzene rings is 2. The Balaban J connectivity index is 1.74. The summed E-state index contributed by atoms with van der Waals surface area (Å²) in [5.74, 6) is 2.72. The van der Waals surface area contributed by atoms with Crippen molar-refractivity contribution in [2.75, 3.05) is 20.8 Å². The van der Waals surface area contributed by atoms with Crippen LogP contribution in [0.25, 0.3) is 5.69 Å². The van der Waals surface area contributed by atoms with Gasteiger partial charge in [-0.15, -0.1) is 6.58 Å². The second kappa shape index (κ2) is 12.1. The van der Waals surface area contributed by atoms with Crippen molar-refractivity contribution in [1.29, 1.82) is 0 Å². The van der Waals surface area contributed by atoms with Gasteiger partial charge in [0, 0.05) is 19.1 Å². The normalized spacial score (nSPS) is 14.0. The molecule has 0 saturated heterocycles. The Labute approximate surface area is 213 Å². The fourth-order valence-corrected chi connectivity index (χ4v) is 4.39. The standard InChI is InChI=1S/C29H37N3O4/c1-5-7-10-23(33)19-31(21-13-14-21)20-25-26(6-2)30-32(22-15-17-24(34-3)18-16-22)29(25)36-28-12-9-8-11-27(28)35-4/h5,8-9,11-12,15-18,21,23,33H,1,6-7,10,13-14,19-20H2,2-4H3/t23-/m0/s1. The topological polar surface area (TPSA) is 69.0 Å². The van der Waals surface area contributed by atoms with Crippen molar-refractivity contribution in [1.82, 2.24) is 14.7 Å². The second-order valence-corrected chi connectivity index (χ2v) is 9.13. The Hall–Kier alpha value is -3.29. The highest BCUT2D eigenvalue weighted by molar-refractivity contribution is 5.48. The summed E-state index contributed by atoms with van der Waals surface area (Å²) >= 11 is 0. The van der Waals surface area contributed by atoms with E-state index in [1.54, 1.807) is 14.2 Å². The molecule has 1 saturated carbocycles. The summed E-state index contributed by atoms with van der Waals surface area (Å²) in [7, 11) is 3.29. The van der Waals surface area contributed by atoms with E-state index in [-0.39, 0.29) is 0 Å². The van der Waals surface area contributed by atoms with Crippen molar-refractivity contribution in [2.45, 2.75) is 57.7 Å². The summed E-state index contributed by atoms with van der Waals surface area (Å²) in [5.41, 5.74) is 2.88. The van der Waals surface area contributed by atoms with Crippen LogP contribution in [0.2, 0.25) is 0 Å². The Morgan fingerprint density at radius 3 is 2.44 bits per heavy atom. The molecule has 2 aromatic carbocycles. The predicted molar refractivity (Wildman–Crippen MR) is 141 cm³/mol. The Morgan fingerprint density at radius 1 is 1.11 bits per heavy atom. The van der Waals surface area contributed by atoms with E-state index in [1.807, 2.05) is 59.3 Å². The highest BCUT2D eigenvalue weighted by atomic mass is 16.5. The molecule has 0 radical (unpaired) electrons. The van der Waals surface area contributed by atoms with E-state index in [1.165, 1.54) is 0 Å². The second-order valence-electron chi connectivity index (χ2n) is 9.13. The highest BCUT2D eigenvalue weighted by Gasteiger charge is 2.33. The van der Waals surface area contributed by atoms with Crippen LogP contribution in [-0.2, 0) is 13.0 Å². The summed E-state index contributed by atoms with van der Waals surface area (Å²) in [6.07, 6.45) is 6.02. The van der Waals surface area contributed by atoms with Crippen molar-refractivity contribution < 1.29 is 19.3 Å². The monoisotopic (exact) mass is 491 g/mol. The summed E-state index contributed by atoms with van der Waals surface area (Å²) in [4.78, 5) is 2.37. The van der Waals surface area contributed by atoms with Gasteiger partial charge in [-0.1, -0.05) is 25.1 Å². The van der Waals surface area contributed by atoms with Crippen molar-refractivity contribution in [3.8, 4) is 28.8 Å². The molecular formula is C29H37N3O4. The van der Waals surface area contributed by atoms with Crippen molar-refractivity contribution in [2.24, 2.45) is 0 Å². The minimum Gasteiger partial charge on any atom is -0.497 e. The first-order valence-corrected chi connectivity index (χ1v) is 12.7. The maximum Gasteiger partial charge on any atom is 0.227 e. The van der Waals surface area contributed by atoms with Crippen LogP contribution in [0.15, 0.2) is 61.2 Å². The molecule has 0 bridgehead atoms. The third kappa shape index (κ3) is 6.09. The first kappa shape index (κ1) is 25.8. The molecule has 1 fully saturated rings. The van der Waals surface area contributed by atoms with Gasteiger partial charge in [0.25, 0.3) is 0 Å². The van der Waals surface area contributed by atoms with E-state index >= 15 is 0 Å². The fraction of sp³-hybridized carbons (Fsp3) is 0.414. The number of para-hydroxylation sites is 2. The third-order valence-electron chi connectivity index (χ3n) is 6.52. The zero-order valence-corrected chi connectivity index (χ0v) is 21.5. The summed E-state index contributed by atoms with van der Waals surface area (Å²) in [5, 5.41) is 15.6. The number of aromatic nitrogens is 2. The fourth-order valence-electron chi connectivity index (χ4n) is 4.39. The lowest BCUT2D eigenvalue weighted by molar-refractivity contribution is 0.0974. The quantitative estimate of drug-likeness (QED) is 0.299. The minimum atomic E-state index is -0.399. The van der Waals surface area contributed by atoms with Crippen molar-refractivity contribution >= 4 is 0 Å². The molecule has 1 heterocycles. The van der Waals surface area contributed by atoms with Gasteiger partial charge < -0.3 is 19.3 Å². The first-order valence-electron chi connectivity index (χ1n) is 12.7. The number of methoxy groups -OCH3 is 2. The van der Waals surface area contributed by atoms with Crippen LogP contribution < -0.4 is 14.2 Å². The van der Waals surface area contributed by atoms with Crippen LogP contribution in [0, 0.1) is 0 Å². The van der Waals surface area contributed by atoms with Crippen LogP contribution >= 0.6 is 0 Å². The van der Waals surface area contributed by atoms with Crippen molar-refractivity contribution in [3.05, 3.63) is 72.4 Å². The lowest BCUT2D eigenvalue weighted by Crippen LogP contribution is -2.34. The van der Waals surface area contributed by atoms with E-state index in [2.05, 4.69) is 18.4 Å². The predicted octanol–water partition coefficient (Wildman–Crippen LogP) is 5.54. The van der Waals surface area contributed by atoms with E-state index in [4.69, 9.17) is 19.3 Å². The molecule has 1 aliphatic carbocycles. The minimum absolute atomic E-state index is 0.399. The smallest absolute Gasteiger partial charge is 0.227 e. The molecule has 0 unspecified atom stereocenters. The molecule has 1 atom stereocenters. The van der Waals surface area contributed by atoms with Gasteiger partial charge in [0.05, 0.1) is 37.3 Å². The molecular weight excluding hydrogens is 454 g/mol. The summed E-state index contributed by atoms with van der Waals surface area (Å²) in [6, 6.07) is 15.9. The molecule has 1 aromatic heterocycles. The molecule has 36 heavy (non-hydrogen) atoms. The number of hydrogen-bond acceptors (Lipinski definition) is 6. The van der Waals surface area contributed by atoms with E-state index in [0.717, 1.165) is 48.4 Å². The number of nitrogens with zero attached hydrogens (tertiary/aromatic N) is 3. The maximum atomic E-state index is 10.7. The van der Waals surface area contributed by atoms with Gasteiger partial charge in [0.1, 0.15) is 5.75 Å². The molecule has 192 valence electrons. The number of ether oxygens (including phenoxy) is 3. The number of rotatable bonds is 14. The molecule has 0 amide bonds. The van der Waals surface area contributed by atoms with Gasteiger partial charge in [0.2, 0.25) is 5.88 Å². The number of aryl methyl sites for hydroxylation is 1. The van der Waals surface area contributed by atoms with Gasteiger partial charge in [-0.2, -0.15) is 5.10 Å². The molecule has 7 nitrogen and oxygen atoms in total. The van der Waals surface area contributed by atoms with Crippen LogP contribution in [0.3, 0.4) is 0 Å². The number of aliphatic hydroxyl groups excluding tert-OH is 1. The van der Waals surface area contributed by atoms with Gasteiger partial charge in [-0.3, -0.25) is 4.90 Å². The SMILES string of the molecule is C=CCC[C@H](O)CN(Cc1c(CC)nn(-c2ccc(OC)cc2)c1Oc1ccccc1OC)C1CC1. The lowest BCUT2D eigenvalue weighted by Gasteiger charge is -2.25. The first-order chi connectivity index (χ1) is 17.6. The molecule has 1 N–H and O–H groups in total. The average Bonchev–Trinajstić information content (AvgIpc) is 3.71. The molecule has 4 rings (SSSR count). The van der Waals surface area contributed by atoms with Gasteiger partial charge in [-0.05, 0) is 68.5 Å². The van der Waals surface area contributed by atoms with Gasteiger partial charge >= 0.3 is 0 Å².